The fourth-order valence-electron chi connectivity index (χ4n) is 2.84. The second-order valence-electron chi connectivity index (χ2n) is 6.00. The van der Waals surface area contributed by atoms with Crippen molar-refractivity contribution < 1.29 is 19.6 Å². The molecule has 0 radical (unpaired) electrons. The van der Waals surface area contributed by atoms with Gasteiger partial charge in [0.25, 0.3) is 0 Å². The van der Waals surface area contributed by atoms with E-state index in [-0.39, 0.29) is 6.10 Å². The zero-order chi connectivity index (χ0) is 17.4. The Balaban J connectivity index is 1.86. The van der Waals surface area contributed by atoms with Crippen molar-refractivity contribution >= 4 is 13.2 Å². The Morgan fingerprint density at radius 1 is 1.46 bits per heavy atom. The van der Waals surface area contributed by atoms with Gasteiger partial charge in [0.15, 0.2) is 0 Å². The summed E-state index contributed by atoms with van der Waals surface area (Å²) in [4.78, 5) is 14.2. The summed E-state index contributed by atoms with van der Waals surface area (Å²) >= 11 is 0. The van der Waals surface area contributed by atoms with Crippen LogP contribution < -0.4 is 5.32 Å². The summed E-state index contributed by atoms with van der Waals surface area (Å²) in [6.07, 6.45) is 5.23. The Labute approximate surface area is 143 Å². The zero-order valence-electron chi connectivity index (χ0n) is 14.0. The van der Waals surface area contributed by atoms with Crippen LogP contribution in [0.25, 0.3) is 0 Å². The van der Waals surface area contributed by atoms with Crippen LogP contribution in [0.5, 0.6) is 0 Å². The maximum Gasteiger partial charge on any atom is 0.475 e. The van der Waals surface area contributed by atoms with Crippen LogP contribution in [-0.4, -0.2) is 53.3 Å². The van der Waals surface area contributed by atoms with Crippen molar-refractivity contribution in [2.45, 2.75) is 38.2 Å². The summed E-state index contributed by atoms with van der Waals surface area (Å²) in [5, 5.41) is 21.6. The van der Waals surface area contributed by atoms with Crippen LogP contribution in [0.15, 0.2) is 42.6 Å². The minimum absolute atomic E-state index is 0.192. The molecule has 6 nitrogen and oxygen atoms in total. The molecule has 0 aliphatic carbocycles. The van der Waals surface area contributed by atoms with Crippen LogP contribution in [0.1, 0.15) is 25.3 Å². The normalized spacial score (nSPS) is 19.1. The number of rotatable bonds is 6. The smallest absolute Gasteiger partial charge is 0.444 e. The number of nitrogens with zero attached hydrogens (tertiary/aromatic N) is 1. The Morgan fingerprint density at radius 3 is 2.88 bits per heavy atom. The Hall–Kier alpha value is -1.99. The molecule has 2 atom stereocenters. The molecule has 24 heavy (non-hydrogen) atoms. The largest absolute Gasteiger partial charge is 0.475 e. The molecule has 1 aliphatic heterocycles. The molecule has 1 heterocycles. The molecule has 2 unspecified atom stereocenters. The minimum atomic E-state index is -1.65. The molecule has 7 heteroatoms. The van der Waals surface area contributed by atoms with E-state index in [4.69, 9.17) is 4.74 Å². The van der Waals surface area contributed by atoms with Crippen molar-refractivity contribution in [1.82, 2.24) is 10.2 Å². The van der Waals surface area contributed by atoms with Crippen molar-refractivity contribution in [3.63, 3.8) is 0 Å². The van der Waals surface area contributed by atoms with Crippen LogP contribution in [0.3, 0.4) is 0 Å². The van der Waals surface area contributed by atoms with Gasteiger partial charge in [-0.1, -0.05) is 36.4 Å². The van der Waals surface area contributed by atoms with E-state index in [0.717, 1.165) is 24.9 Å². The lowest BCUT2D eigenvalue weighted by Gasteiger charge is -2.31. The Bertz CT molecular complexity index is 539. The van der Waals surface area contributed by atoms with Crippen LogP contribution in [0.2, 0.25) is 0 Å². The third-order valence-electron chi connectivity index (χ3n) is 4.00. The van der Waals surface area contributed by atoms with Gasteiger partial charge in [-0.2, -0.15) is 0 Å². The molecule has 1 amide bonds. The van der Waals surface area contributed by atoms with E-state index in [1.165, 1.54) is 0 Å². The molecular formula is C17H25BN2O4. The second kappa shape index (κ2) is 9.34. The molecular weight excluding hydrogens is 307 g/mol. The molecule has 3 N–H and O–H groups in total. The first-order valence-corrected chi connectivity index (χ1v) is 8.32. The lowest BCUT2D eigenvalue weighted by atomic mass is 9.76. The number of nitrogens with one attached hydrogen (secondary N) is 1. The molecule has 0 saturated carbocycles. The third kappa shape index (κ3) is 5.90. The number of likely N-dealkylation sites (tertiary alicyclic amines) is 1. The van der Waals surface area contributed by atoms with Gasteiger partial charge in [0, 0.05) is 6.54 Å². The summed E-state index contributed by atoms with van der Waals surface area (Å²) < 4.78 is 5.44. The Morgan fingerprint density at radius 2 is 2.21 bits per heavy atom. The van der Waals surface area contributed by atoms with E-state index in [2.05, 4.69) is 10.2 Å². The van der Waals surface area contributed by atoms with Crippen LogP contribution in [0.4, 0.5) is 4.79 Å². The lowest BCUT2D eigenvalue weighted by molar-refractivity contribution is 0.0552. The Kier molecular flexibility index (Phi) is 7.15. The number of allylic oxidation sites excluding steroid dienone is 1. The molecule has 1 aromatic carbocycles. The van der Waals surface area contributed by atoms with E-state index >= 15 is 0 Å². The average Bonchev–Trinajstić information content (AvgIpc) is 2.55. The molecule has 2 rings (SSSR count). The predicted octanol–water partition coefficient (Wildman–Crippen LogP) is 1.33. The van der Waals surface area contributed by atoms with Gasteiger partial charge in [-0.3, -0.25) is 0 Å². The number of alkyl carbamates (subject to hydrolysis) is 1. The SMILES string of the molecule is CC=CN1CCCC(OC(=O)NC(Cc2ccccc2)B(O)O)C1. The van der Waals surface area contributed by atoms with Gasteiger partial charge in [0.2, 0.25) is 0 Å². The first-order chi connectivity index (χ1) is 11.6. The maximum atomic E-state index is 12.1. The third-order valence-corrected chi connectivity index (χ3v) is 4.00. The standard InChI is InChI=1S/C17H25BN2O4/c1-2-10-20-11-6-9-15(13-20)24-17(21)19-16(18(22)23)12-14-7-4-3-5-8-14/h2-5,7-8,10,15-16,22-23H,6,9,11-13H2,1H3,(H,19,21). The number of piperidine rings is 1. The molecule has 0 spiro atoms. The highest BCUT2D eigenvalue weighted by Crippen LogP contribution is 2.14. The molecule has 0 bridgehead atoms. The number of benzene rings is 1. The van der Waals surface area contributed by atoms with E-state index < -0.39 is 19.2 Å². The second-order valence-corrected chi connectivity index (χ2v) is 6.00. The van der Waals surface area contributed by atoms with Crippen LogP contribution in [-0.2, 0) is 11.2 Å². The van der Waals surface area contributed by atoms with Crippen molar-refractivity contribution in [1.29, 1.82) is 0 Å². The van der Waals surface area contributed by atoms with Gasteiger partial charge in [-0.25, -0.2) is 4.79 Å². The highest BCUT2D eigenvalue weighted by atomic mass is 16.6. The summed E-state index contributed by atoms with van der Waals surface area (Å²) in [6, 6.07) is 9.37. The quantitative estimate of drug-likeness (QED) is 0.685. The molecule has 1 fully saturated rings. The number of carbonyl (C=O) groups excluding carboxylic acids is 1. The molecule has 1 aliphatic rings. The van der Waals surface area contributed by atoms with Crippen LogP contribution >= 0.6 is 0 Å². The van der Waals surface area contributed by atoms with E-state index in [0.29, 0.717) is 13.0 Å². The minimum Gasteiger partial charge on any atom is -0.444 e. The molecule has 0 aromatic heterocycles. The summed E-state index contributed by atoms with van der Waals surface area (Å²) in [5.74, 6) is -0.810. The van der Waals surface area contributed by atoms with Crippen molar-refractivity contribution in [3.8, 4) is 0 Å². The zero-order valence-corrected chi connectivity index (χ0v) is 14.0. The first kappa shape index (κ1) is 18.4. The average molecular weight is 332 g/mol. The number of carbonyl (C=O) groups is 1. The van der Waals surface area contributed by atoms with E-state index in [1.807, 2.05) is 49.5 Å². The highest BCUT2D eigenvalue weighted by Gasteiger charge is 2.28. The van der Waals surface area contributed by atoms with E-state index in [1.54, 1.807) is 0 Å². The van der Waals surface area contributed by atoms with Crippen LogP contribution in [0, 0.1) is 0 Å². The van der Waals surface area contributed by atoms with Gasteiger partial charge in [0.05, 0.1) is 12.5 Å². The van der Waals surface area contributed by atoms with Gasteiger partial charge < -0.3 is 25.0 Å². The van der Waals surface area contributed by atoms with E-state index in [9.17, 15) is 14.8 Å². The first-order valence-electron chi connectivity index (χ1n) is 8.32. The lowest BCUT2D eigenvalue weighted by Crippen LogP contribution is -2.49. The molecule has 1 aromatic rings. The van der Waals surface area contributed by atoms with Gasteiger partial charge in [-0.15, -0.1) is 0 Å². The fourth-order valence-corrected chi connectivity index (χ4v) is 2.84. The maximum absolute atomic E-state index is 12.1. The van der Waals surface area contributed by atoms with Crippen molar-refractivity contribution in [2.75, 3.05) is 13.1 Å². The predicted molar refractivity (Wildman–Crippen MR) is 93.2 cm³/mol. The summed E-state index contributed by atoms with van der Waals surface area (Å²) in [5.41, 5.74) is 0.910. The van der Waals surface area contributed by atoms with Gasteiger partial charge >= 0.3 is 13.2 Å². The van der Waals surface area contributed by atoms with Crippen molar-refractivity contribution in [2.24, 2.45) is 0 Å². The topological polar surface area (TPSA) is 82.0 Å². The summed E-state index contributed by atoms with van der Waals surface area (Å²) in [6.45, 7) is 3.56. The molecule has 1 saturated heterocycles. The summed E-state index contributed by atoms with van der Waals surface area (Å²) in [7, 11) is -1.65. The van der Waals surface area contributed by atoms with Crippen molar-refractivity contribution in [3.05, 3.63) is 48.2 Å². The number of ether oxygens (including phenoxy) is 1. The number of amides is 1. The van der Waals surface area contributed by atoms with Gasteiger partial charge in [-0.05, 0) is 37.9 Å². The molecule has 130 valence electrons. The monoisotopic (exact) mass is 332 g/mol. The fraction of sp³-hybridized carbons (Fsp3) is 0.471. The van der Waals surface area contributed by atoms with Gasteiger partial charge in [0.1, 0.15) is 6.10 Å². The highest BCUT2D eigenvalue weighted by molar-refractivity contribution is 6.43. The number of hydrogen-bond acceptors (Lipinski definition) is 5. The number of hydrogen-bond donors (Lipinski definition) is 3.